The number of nitrogens with zero attached hydrogens (tertiary/aromatic N) is 1. The van der Waals surface area contributed by atoms with Gasteiger partial charge in [-0.3, -0.25) is 4.79 Å². The van der Waals surface area contributed by atoms with Gasteiger partial charge in [0.05, 0.1) is 0 Å². The Morgan fingerprint density at radius 2 is 1.61 bits per heavy atom. The van der Waals surface area contributed by atoms with Crippen LogP contribution in [0.25, 0.3) is 0 Å². The summed E-state index contributed by atoms with van der Waals surface area (Å²) in [5.41, 5.74) is 0.644. The van der Waals surface area contributed by atoms with E-state index in [2.05, 4.69) is 25.7 Å². The molecule has 0 aromatic carbocycles. The number of carbonyl (C=O) groups is 1. The molecule has 0 radical (unpaired) electrons. The average Bonchev–Trinajstić information content (AvgIpc) is 2.36. The van der Waals surface area contributed by atoms with Gasteiger partial charge < -0.3 is 4.90 Å². The van der Waals surface area contributed by atoms with Crippen molar-refractivity contribution in [2.24, 2.45) is 11.3 Å². The molecule has 1 saturated carbocycles. The zero-order valence-corrected chi connectivity index (χ0v) is 12.8. The van der Waals surface area contributed by atoms with Gasteiger partial charge in [0.2, 0.25) is 5.91 Å². The van der Waals surface area contributed by atoms with E-state index in [1.54, 1.807) is 0 Å². The highest BCUT2D eigenvalue weighted by Crippen LogP contribution is 2.53. The molecule has 0 aromatic rings. The van der Waals surface area contributed by atoms with Gasteiger partial charge in [-0.1, -0.05) is 40.5 Å². The molecule has 18 heavy (non-hydrogen) atoms. The van der Waals surface area contributed by atoms with Gasteiger partial charge in [0, 0.05) is 19.5 Å². The van der Waals surface area contributed by atoms with E-state index < -0.39 is 0 Å². The van der Waals surface area contributed by atoms with Crippen LogP contribution in [0.15, 0.2) is 0 Å². The lowest BCUT2D eigenvalue weighted by molar-refractivity contribution is -0.135. The Kier molecular flexibility index (Phi) is 6.17. The van der Waals surface area contributed by atoms with Crippen molar-refractivity contribution in [3.63, 3.8) is 0 Å². The second kappa shape index (κ2) is 7.16. The van der Waals surface area contributed by atoms with Gasteiger partial charge in [0.25, 0.3) is 0 Å². The van der Waals surface area contributed by atoms with Crippen LogP contribution in [0.2, 0.25) is 0 Å². The van der Waals surface area contributed by atoms with Gasteiger partial charge >= 0.3 is 0 Å². The highest BCUT2D eigenvalue weighted by molar-refractivity contribution is 5.75. The number of hydrogen-bond acceptors (Lipinski definition) is 1. The second-order valence-electron chi connectivity index (χ2n) is 6.12. The van der Waals surface area contributed by atoms with Crippen LogP contribution in [0.4, 0.5) is 0 Å². The molecule has 2 fully saturated rings. The van der Waals surface area contributed by atoms with E-state index in [0.717, 1.165) is 19.0 Å². The Bertz CT molecular complexity index is 246. The molecule has 2 heteroatoms. The molecule has 1 heterocycles. The summed E-state index contributed by atoms with van der Waals surface area (Å²) in [6.07, 6.45) is 8.64. The minimum absolute atomic E-state index is 0.344. The van der Waals surface area contributed by atoms with Crippen molar-refractivity contribution in [2.75, 3.05) is 13.1 Å². The molecule has 0 bridgehead atoms. The summed E-state index contributed by atoms with van der Waals surface area (Å²) in [4.78, 5) is 13.6. The van der Waals surface area contributed by atoms with E-state index in [1.165, 1.54) is 38.5 Å². The predicted molar refractivity (Wildman–Crippen MR) is 77.5 cm³/mol. The minimum atomic E-state index is 0.344. The molecule has 1 aliphatic heterocycles. The van der Waals surface area contributed by atoms with Crippen LogP contribution in [0.5, 0.6) is 0 Å². The third kappa shape index (κ3) is 3.73. The first kappa shape index (κ1) is 15.5. The van der Waals surface area contributed by atoms with Gasteiger partial charge in [-0.25, -0.2) is 0 Å². The maximum absolute atomic E-state index is 11.5. The summed E-state index contributed by atoms with van der Waals surface area (Å²) >= 11 is 0. The lowest BCUT2D eigenvalue weighted by Gasteiger charge is -2.52. The van der Waals surface area contributed by atoms with E-state index in [0.29, 0.717) is 17.7 Å². The van der Waals surface area contributed by atoms with Gasteiger partial charge in [0.15, 0.2) is 0 Å². The van der Waals surface area contributed by atoms with Gasteiger partial charge in [-0.15, -0.1) is 0 Å². The standard InChI is InChI=1S/C13H23NO.C3H8/c1-3-11-9-13(10-11)5-7-14(8-6-13)12(15)4-2;1-3-2/h11H,3-10H2,1-2H3;3H2,1-2H3. The topological polar surface area (TPSA) is 20.3 Å². The number of piperidine rings is 1. The van der Waals surface area contributed by atoms with Crippen LogP contribution >= 0.6 is 0 Å². The monoisotopic (exact) mass is 253 g/mol. The van der Waals surface area contributed by atoms with Crippen molar-refractivity contribution in [3.05, 3.63) is 0 Å². The first-order valence-corrected chi connectivity index (χ1v) is 7.88. The van der Waals surface area contributed by atoms with Gasteiger partial charge in [-0.05, 0) is 37.0 Å². The first-order valence-electron chi connectivity index (χ1n) is 7.88. The molecule has 0 aromatic heterocycles. The SMILES string of the molecule is CCC.CCC(=O)N1CCC2(CC1)CC(CC)C2. The third-order valence-corrected chi connectivity index (χ3v) is 4.50. The summed E-state index contributed by atoms with van der Waals surface area (Å²) in [6, 6.07) is 0. The van der Waals surface area contributed by atoms with E-state index in [1.807, 2.05) is 6.92 Å². The number of carbonyl (C=O) groups excluding carboxylic acids is 1. The highest BCUT2D eigenvalue weighted by atomic mass is 16.2. The minimum Gasteiger partial charge on any atom is -0.343 e. The van der Waals surface area contributed by atoms with Crippen LogP contribution in [0.3, 0.4) is 0 Å². The Morgan fingerprint density at radius 3 is 2.00 bits per heavy atom. The number of hydrogen-bond donors (Lipinski definition) is 0. The van der Waals surface area contributed by atoms with E-state index in [9.17, 15) is 4.79 Å². The van der Waals surface area contributed by atoms with Gasteiger partial charge in [-0.2, -0.15) is 0 Å². The van der Waals surface area contributed by atoms with Crippen molar-refractivity contribution in [1.29, 1.82) is 0 Å². The lowest BCUT2D eigenvalue weighted by Crippen LogP contribution is -2.48. The van der Waals surface area contributed by atoms with Crippen LogP contribution in [0.1, 0.15) is 72.6 Å². The van der Waals surface area contributed by atoms with E-state index in [-0.39, 0.29) is 0 Å². The smallest absolute Gasteiger partial charge is 0.222 e. The molecule has 2 aliphatic rings. The van der Waals surface area contributed by atoms with E-state index in [4.69, 9.17) is 0 Å². The zero-order chi connectivity index (χ0) is 13.6. The zero-order valence-electron chi connectivity index (χ0n) is 12.8. The number of rotatable bonds is 2. The molecule has 2 nitrogen and oxygen atoms in total. The van der Waals surface area contributed by atoms with E-state index >= 15 is 0 Å². The normalized spacial score (nSPS) is 22.1. The third-order valence-electron chi connectivity index (χ3n) is 4.50. The maximum Gasteiger partial charge on any atom is 0.222 e. The summed E-state index contributed by atoms with van der Waals surface area (Å²) in [6.45, 7) is 10.5. The Hall–Kier alpha value is -0.530. The van der Waals surface area contributed by atoms with Crippen molar-refractivity contribution in [1.82, 2.24) is 4.90 Å². The van der Waals surface area contributed by atoms with Gasteiger partial charge in [0.1, 0.15) is 0 Å². The molecule has 0 atom stereocenters. The fraction of sp³-hybridized carbons (Fsp3) is 0.938. The van der Waals surface area contributed by atoms with Crippen LogP contribution < -0.4 is 0 Å². The van der Waals surface area contributed by atoms with Crippen LogP contribution in [-0.4, -0.2) is 23.9 Å². The van der Waals surface area contributed by atoms with Crippen molar-refractivity contribution >= 4 is 5.91 Å². The molecule has 2 rings (SSSR count). The number of amides is 1. The molecule has 1 saturated heterocycles. The number of likely N-dealkylation sites (tertiary alicyclic amines) is 1. The van der Waals surface area contributed by atoms with Crippen LogP contribution in [-0.2, 0) is 4.79 Å². The molecule has 106 valence electrons. The summed E-state index contributed by atoms with van der Waals surface area (Å²) in [7, 11) is 0. The summed E-state index contributed by atoms with van der Waals surface area (Å²) in [5, 5.41) is 0. The molecular formula is C16H31NO. The average molecular weight is 253 g/mol. The van der Waals surface area contributed by atoms with Crippen LogP contribution in [0, 0.1) is 11.3 Å². The molecule has 0 unspecified atom stereocenters. The fourth-order valence-corrected chi connectivity index (χ4v) is 3.32. The first-order chi connectivity index (χ1) is 8.60. The van der Waals surface area contributed by atoms with Crippen molar-refractivity contribution < 1.29 is 4.79 Å². The van der Waals surface area contributed by atoms with Crippen molar-refractivity contribution in [3.8, 4) is 0 Å². The molecule has 0 N–H and O–H groups in total. The predicted octanol–water partition coefficient (Wildman–Crippen LogP) is 4.24. The molecule has 1 amide bonds. The Labute approximate surface area is 113 Å². The quantitative estimate of drug-likeness (QED) is 0.720. The highest BCUT2D eigenvalue weighted by Gasteiger charge is 2.45. The molecular weight excluding hydrogens is 222 g/mol. The second-order valence-corrected chi connectivity index (χ2v) is 6.12. The molecule has 1 spiro atoms. The maximum atomic E-state index is 11.5. The summed E-state index contributed by atoms with van der Waals surface area (Å²) in [5.74, 6) is 1.33. The molecule has 1 aliphatic carbocycles. The fourth-order valence-electron chi connectivity index (χ4n) is 3.32. The summed E-state index contributed by atoms with van der Waals surface area (Å²) < 4.78 is 0. The lowest BCUT2D eigenvalue weighted by atomic mass is 9.57. The Morgan fingerprint density at radius 1 is 1.11 bits per heavy atom. The Balaban J connectivity index is 0.000000492. The van der Waals surface area contributed by atoms with Crippen molar-refractivity contribution in [2.45, 2.75) is 72.6 Å². The largest absolute Gasteiger partial charge is 0.343 e.